The SMILES string of the molecule is C\C(C=O)=C/C(C)=C/C=C/C(C)=C/C=C/C=C(C)/C=C/C=C(C)/C=C(\C)C(=O)O. The molecule has 0 unspecified atom stereocenters. The van der Waals surface area contributed by atoms with Gasteiger partial charge in [-0.15, -0.1) is 0 Å². The van der Waals surface area contributed by atoms with Crippen LogP contribution < -0.4 is 0 Å². The van der Waals surface area contributed by atoms with Gasteiger partial charge in [0.25, 0.3) is 0 Å². The van der Waals surface area contributed by atoms with Gasteiger partial charge in [0.15, 0.2) is 0 Å². The quantitative estimate of drug-likeness (QED) is 0.258. The van der Waals surface area contributed by atoms with E-state index in [9.17, 15) is 9.59 Å². The highest BCUT2D eigenvalue weighted by Gasteiger charge is 1.97. The van der Waals surface area contributed by atoms with Crippen molar-refractivity contribution in [2.75, 3.05) is 0 Å². The lowest BCUT2D eigenvalue weighted by Gasteiger charge is -1.93. The molecule has 0 heterocycles. The van der Waals surface area contributed by atoms with E-state index in [-0.39, 0.29) is 0 Å². The van der Waals surface area contributed by atoms with Crippen LogP contribution in [-0.2, 0) is 9.59 Å². The van der Waals surface area contributed by atoms with Gasteiger partial charge in [0.1, 0.15) is 6.29 Å². The number of aldehydes is 1. The second kappa shape index (κ2) is 14.8. The van der Waals surface area contributed by atoms with Gasteiger partial charge in [0, 0.05) is 5.57 Å². The maximum atomic E-state index is 10.8. The lowest BCUT2D eigenvalue weighted by Crippen LogP contribution is -1.95. The van der Waals surface area contributed by atoms with Gasteiger partial charge in [-0.1, -0.05) is 89.1 Å². The summed E-state index contributed by atoms with van der Waals surface area (Å²) in [4.78, 5) is 21.4. The van der Waals surface area contributed by atoms with Crippen LogP contribution in [0.4, 0.5) is 0 Å². The average molecular weight is 393 g/mol. The van der Waals surface area contributed by atoms with Crippen LogP contribution in [0.1, 0.15) is 41.5 Å². The first-order chi connectivity index (χ1) is 13.6. The summed E-state index contributed by atoms with van der Waals surface area (Å²) in [7, 11) is 0. The minimum Gasteiger partial charge on any atom is -0.478 e. The molecule has 0 fully saturated rings. The zero-order valence-electron chi connectivity index (χ0n) is 18.3. The topological polar surface area (TPSA) is 54.4 Å². The highest BCUT2D eigenvalue weighted by Crippen LogP contribution is 2.04. The van der Waals surface area contributed by atoms with Crippen molar-refractivity contribution in [2.24, 2.45) is 0 Å². The third-order valence-electron chi connectivity index (χ3n) is 3.69. The molecular formula is C26H32O3. The molecule has 0 rings (SSSR count). The molecule has 0 saturated carbocycles. The number of hydrogen-bond acceptors (Lipinski definition) is 2. The summed E-state index contributed by atoms with van der Waals surface area (Å²) in [5, 5.41) is 8.86. The first kappa shape index (κ1) is 25.8. The molecule has 0 amide bonds. The number of allylic oxidation sites excluding steroid dienone is 17. The molecule has 0 bridgehead atoms. The van der Waals surface area contributed by atoms with E-state index in [1.54, 1.807) is 19.9 Å². The molecule has 0 radical (unpaired) electrons. The molecule has 0 aliphatic carbocycles. The first-order valence-corrected chi connectivity index (χ1v) is 9.42. The summed E-state index contributed by atoms with van der Waals surface area (Å²) >= 11 is 0. The third kappa shape index (κ3) is 14.5. The lowest BCUT2D eigenvalue weighted by atomic mass is 10.1. The van der Waals surface area contributed by atoms with Gasteiger partial charge < -0.3 is 5.11 Å². The molecule has 0 saturated heterocycles. The Kier molecular flexibility index (Phi) is 13.2. The molecule has 1 N–H and O–H groups in total. The van der Waals surface area contributed by atoms with Gasteiger partial charge in [-0.05, 0) is 53.2 Å². The number of carbonyl (C=O) groups excluding carboxylic acids is 1. The van der Waals surface area contributed by atoms with E-state index >= 15 is 0 Å². The number of carbonyl (C=O) groups is 2. The normalized spacial score (nSPS) is 15.8. The van der Waals surface area contributed by atoms with Gasteiger partial charge in [-0.25, -0.2) is 4.79 Å². The number of aliphatic carboxylic acids is 1. The van der Waals surface area contributed by atoms with E-state index in [1.807, 2.05) is 94.5 Å². The van der Waals surface area contributed by atoms with E-state index in [1.165, 1.54) is 0 Å². The van der Waals surface area contributed by atoms with Crippen molar-refractivity contribution in [3.8, 4) is 0 Å². The van der Waals surface area contributed by atoms with Crippen LogP contribution in [0.15, 0.2) is 106 Å². The van der Waals surface area contributed by atoms with Gasteiger partial charge >= 0.3 is 5.97 Å². The summed E-state index contributed by atoms with van der Waals surface area (Å²) in [6, 6.07) is 0. The van der Waals surface area contributed by atoms with Crippen LogP contribution in [0.2, 0.25) is 0 Å². The molecule has 29 heavy (non-hydrogen) atoms. The highest BCUT2D eigenvalue weighted by molar-refractivity contribution is 5.86. The Labute approximate surface area is 175 Å². The standard InChI is InChI=1S/C26H32O3/c1-20(13-9-15-22(3)17-24(5)19-27)11-7-8-12-21(2)14-10-16-23(4)18-25(6)26(28)29/h7-19H,1-6H3,(H,28,29)/b8-7+,13-9+,14-10+,20-11+,21-12+,22-15+,23-16+,24-17+,25-18+. The Morgan fingerprint density at radius 1 is 0.586 bits per heavy atom. The third-order valence-corrected chi connectivity index (χ3v) is 3.69. The molecule has 3 nitrogen and oxygen atoms in total. The zero-order chi connectivity index (χ0) is 22.2. The number of carboxylic acids is 1. The molecule has 0 aromatic carbocycles. The Morgan fingerprint density at radius 3 is 1.41 bits per heavy atom. The minimum atomic E-state index is -0.905. The number of rotatable bonds is 10. The zero-order valence-corrected chi connectivity index (χ0v) is 18.3. The average Bonchev–Trinajstić information content (AvgIpc) is 2.64. The van der Waals surface area contributed by atoms with Gasteiger partial charge in [-0.3, -0.25) is 4.79 Å². The number of hydrogen-bond donors (Lipinski definition) is 1. The lowest BCUT2D eigenvalue weighted by molar-refractivity contribution is -0.132. The van der Waals surface area contributed by atoms with Crippen molar-refractivity contribution < 1.29 is 14.7 Å². The molecule has 0 spiro atoms. The predicted molar refractivity (Wildman–Crippen MR) is 124 cm³/mol. The van der Waals surface area contributed by atoms with Crippen molar-refractivity contribution in [2.45, 2.75) is 41.5 Å². The van der Waals surface area contributed by atoms with E-state index in [2.05, 4.69) is 0 Å². The van der Waals surface area contributed by atoms with Gasteiger partial charge in [-0.2, -0.15) is 0 Å². The maximum absolute atomic E-state index is 10.8. The van der Waals surface area contributed by atoms with Crippen molar-refractivity contribution in [3.05, 3.63) is 106 Å². The Bertz CT molecular complexity index is 848. The summed E-state index contributed by atoms with van der Waals surface area (Å²) < 4.78 is 0. The van der Waals surface area contributed by atoms with Crippen LogP contribution >= 0.6 is 0 Å². The fourth-order valence-corrected chi connectivity index (χ4v) is 2.12. The second-order valence-corrected chi connectivity index (χ2v) is 6.88. The van der Waals surface area contributed by atoms with Crippen molar-refractivity contribution in [1.29, 1.82) is 0 Å². The fourth-order valence-electron chi connectivity index (χ4n) is 2.12. The van der Waals surface area contributed by atoms with E-state index in [0.717, 1.165) is 28.6 Å². The minimum absolute atomic E-state index is 0.316. The molecule has 0 aromatic heterocycles. The Balaban J connectivity index is 4.79. The largest absolute Gasteiger partial charge is 0.478 e. The van der Waals surface area contributed by atoms with E-state index in [0.29, 0.717) is 11.1 Å². The predicted octanol–water partition coefficient (Wildman–Crippen LogP) is 6.62. The van der Waals surface area contributed by atoms with Gasteiger partial charge in [0.2, 0.25) is 0 Å². The summed E-state index contributed by atoms with van der Waals surface area (Å²) in [5.74, 6) is -0.905. The van der Waals surface area contributed by atoms with Crippen LogP contribution in [0.3, 0.4) is 0 Å². The summed E-state index contributed by atoms with van der Waals surface area (Å²) in [5.41, 5.74) is 5.13. The van der Waals surface area contributed by atoms with Crippen LogP contribution in [0.25, 0.3) is 0 Å². The highest BCUT2D eigenvalue weighted by atomic mass is 16.4. The van der Waals surface area contributed by atoms with E-state index in [4.69, 9.17) is 5.11 Å². The molecule has 0 aliphatic rings. The monoisotopic (exact) mass is 392 g/mol. The molecule has 0 aromatic rings. The van der Waals surface area contributed by atoms with Crippen LogP contribution in [-0.4, -0.2) is 17.4 Å². The van der Waals surface area contributed by atoms with Crippen LogP contribution in [0.5, 0.6) is 0 Å². The second-order valence-electron chi connectivity index (χ2n) is 6.88. The molecule has 0 aliphatic heterocycles. The van der Waals surface area contributed by atoms with Crippen molar-refractivity contribution >= 4 is 12.3 Å². The van der Waals surface area contributed by atoms with Crippen LogP contribution in [0, 0.1) is 0 Å². The van der Waals surface area contributed by atoms with Gasteiger partial charge in [0.05, 0.1) is 0 Å². The molecule has 154 valence electrons. The molecular weight excluding hydrogens is 360 g/mol. The Hall–Kier alpha value is -3.20. The summed E-state index contributed by atoms with van der Waals surface area (Å²) in [6.45, 7) is 11.2. The van der Waals surface area contributed by atoms with Crippen molar-refractivity contribution in [3.63, 3.8) is 0 Å². The number of carboxylic acid groups (broad SMARTS) is 1. The van der Waals surface area contributed by atoms with Crippen molar-refractivity contribution in [1.82, 2.24) is 0 Å². The van der Waals surface area contributed by atoms with E-state index < -0.39 is 5.97 Å². The smallest absolute Gasteiger partial charge is 0.331 e. The maximum Gasteiger partial charge on any atom is 0.331 e. The fraction of sp³-hybridized carbons (Fsp3) is 0.231. The summed E-state index contributed by atoms with van der Waals surface area (Å²) in [6.07, 6.45) is 24.0. The molecule has 0 atom stereocenters. The first-order valence-electron chi connectivity index (χ1n) is 9.42. The molecule has 3 heteroatoms. The Morgan fingerprint density at radius 2 is 1.00 bits per heavy atom.